The molecular formula is C29H30FNO4. The predicted molar refractivity (Wildman–Crippen MR) is 133 cm³/mol. The van der Waals surface area contributed by atoms with Crippen molar-refractivity contribution in [1.82, 2.24) is 4.90 Å². The van der Waals surface area contributed by atoms with Crippen LogP contribution < -0.4 is 4.74 Å². The third-order valence-electron chi connectivity index (χ3n) is 6.46. The van der Waals surface area contributed by atoms with Gasteiger partial charge in [-0.2, -0.15) is 0 Å². The second-order valence-corrected chi connectivity index (χ2v) is 8.99. The summed E-state index contributed by atoms with van der Waals surface area (Å²) in [5, 5.41) is 9.26. The number of hydrogen-bond acceptors (Lipinski definition) is 3. The zero-order valence-corrected chi connectivity index (χ0v) is 20.1. The van der Waals surface area contributed by atoms with E-state index in [2.05, 4.69) is 0 Å². The van der Waals surface area contributed by atoms with Crippen LogP contribution in [0, 0.1) is 11.7 Å². The van der Waals surface area contributed by atoms with Gasteiger partial charge in [0.25, 0.3) is 0 Å². The Balaban J connectivity index is 1.67. The van der Waals surface area contributed by atoms with Crippen LogP contribution in [-0.4, -0.2) is 35.0 Å². The molecule has 6 heteroatoms. The fraction of sp³-hybridized carbons (Fsp3) is 0.310. The summed E-state index contributed by atoms with van der Waals surface area (Å²) >= 11 is 0. The standard InChI is InChI=1S/C29H30FNO4/c1-3-35-27-12-9-21(17-28(32)33)16-24(27)22-10-11-26(30)23-13-14-31(18-25(22)23)29(34)19(2)15-20-7-5-4-6-8-20/h4-12,16,19H,3,13-15,17-18H2,1-2H3,(H,32,33)/t19-/m0/s1. The van der Waals surface area contributed by atoms with Crippen LogP contribution in [-0.2, 0) is 35.4 Å². The summed E-state index contributed by atoms with van der Waals surface area (Å²) in [4.78, 5) is 26.4. The number of carboxylic acid groups (broad SMARTS) is 1. The number of amides is 1. The molecular weight excluding hydrogens is 445 g/mol. The Labute approximate surface area is 205 Å². The molecule has 35 heavy (non-hydrogen) atoms. The van der Waals surface area contributed by atoms with Crippen molar-refractivity contribution in [1.29, 1.82) is 0 Å². The first-order valence-electron chi connectivity index (χ1n) is 12.0. The minimum Gasteiger partial charge on any atom is -0.493 e. The zero-order chi connectivity index (χ0) is 24.9. The Morgan fingerprint density at radius 2 is 1.80 bits per heavy atom. The van der Waals surface area contributed by atoms with Crippen molar-refractivity contribution in [3.05, 3.63) is 88.7 Å². The molecule has 5 nitrogen and oxygen atoms in total. The van der Waals surface area contributed by atoms with Gasteiger partial charge in [0.15, 0.2) is 0 Å². The van der Waals surface area contributed by atoms with E-state index in [1.165, 1.54) is 6.07 Å². The largest absolute Gasteiger partial charge is 0.493 e. The first kappa shape index (κ1) is 24.5. The molecule has 1 heterocycles. The van der Waals surface area contributed by atoms with Crippen LogP contribution >= 0.6 is 0 Å². The summed E-state index contributed by atoms with van der Waals surface area (Å²) in [5.41, 5.74) is 4.58. The Morgan fingerprint density at radius 3 is 2.51 bits per heavy atom. The SMILES string of the molecule is CCOc1ccc(CC(=O)O)cc1-c1ccc(F)c2c1CN(C(=O)[C@@H](C)Cc1ccccc1)CC2. The highest BCUT2D eigenvalue weighted by Crippen LogP contribution is 2.38. The van der Waals surface area contributed by atoms with Gasteiger partial charge in [0.05, 0.1) is 13.0 Å². The Morgan fingerprint density at radius 1 is 1.03 bits per heavy atom. The second kappa shape index (κ2) is 10.7. The summed E-state index contributed by atoms with van der Waals surface area (Å²) < 4.78 is 20.7. The Hall–Kier alpha value is -3.67. The van der Waals surface area contributed by atoms with Crippen LogP contribution in [0.3, 0.4) is 0 Å². The van der Waals surface area contributed by atoms with Crippen molar-refractivity contribution in [3.8, 4) is 16.9 Å². The molecule has 0 saturated heterocycles. The quantitative estimate of drug-likeness (QED) is 0.481. The molecule has 0 saturated carbocycles. The maximum absolute atomic E-state index is 14.8. The van der Waals surface area contributed by atoms with Crippen LogP contribution in [0.1, 0.15) is 36.1 Å². The highest BCUT2D eigenvalue weighted by Gasteiger charge is 2.29. The van der Waals surface area contributed by atoms with Crippen LogP contribution in [0.15, 0.2) is 60.7 Å². The summed E-state index contributed by atoms with van der Waals surface area (Å²) in [6.07, 6.45) is 0.951. The molecule has 1 atom stereocenters. The van der Waals surface area contributed by atoms with Gasteiger partial charge in [0.2, 0.25) is 5.91 Å². The lowest BCUT2D eigenvalue weighted by Crippen LogP contribution is -2.40. The minimum atomic E-state index is -0.926. The minimum absolute atomic E-state index is 0.0411. The molecule has 0 aromatic heterocycles. The van der Waals surface area contributed by atoms with Gasteiger partial charge in [0.1, 0.15) is 11.6 Å². The van der Waals surface area contributed by atoms with E-state index >= 15 is 0 Å². The number of carboxylic acids is 1. The fourth-order valence-electron chi connectivity index (χ4n) is 4.79. The summed E-state index contributed by atoms with van der Waals surface area (Å²) in [5.74, 6) is -0.761. The summed E-state index contributed by atoms with van der Waals surface area (Å²) in [6.45, 7) is 5.01. The van der Waals surface area contributed by atoms with Gasteiger partial charge in [-0.05, 0) is 65.8 Å². The topological polar surface area (TPSA) is 66.8 Å². The molecule has 0 unspecified atom stereocenters. The first-order valence-corrected chi connectivity index (χ1v) is 12.0. The molecule has 4 rings (SSSR count). The van der Waals surface area contributed by atoms with Gasteiger partial charge in [0, 0.05) is 24.6 Å². The highest BCUT2D eigenvalue weighted by molar-refractivity contribution is 5.81. The van der Waals surface area contributed by atoms with E-state index in [1.54, 1.807) is 29.2 Å². The Kier molecular flexibility index (Phi) is 7.49. The number of halogens is 1. The second-order valence-electron chi connectivity index (χ2n) is 8.99. The molecule has 0 fully saturated rings. The van der Waals surface area contributed by atoms with E-state index in [4.69, 9.17) is 4.74 Å². The van der Waals surface area contributed by atoms with E-state index < -0.39 is 5.97 Å². The van der Waals surface area contributed by atoms with Crippen LogP contribution in [0.2, 0.25) is 0 Å². The molecule has 1 N–H and O–H groups in total. The van der Waals surface area contributed by atoms with Crippen LogP contribution in [0.5, 0.6) is 5.75 Å². The van der Waals surface area contributed by atoms with Gasteiger partial charge in [-0.15, -0.1) is 0 Å². The van der Waals surface area contributed by atoms with Crippen molar-refractivity contribution in [2.75, 3.05) is 13.2 Å². The molecule has 1 aliphatic rings. The monoisotopic (exact) mass is 475 g/mol. The van der Waals surface area contributed by atoms with E-state index in [-0.39, 0.29) is 24.1 Å². The Bertz CT molecular complexity index is 1220. The number of rotatable bonds is 8. The van der Waals surface area contributed by atoms with Gasteiger partial charge >= 0.3 is 5.97 Å². The molecule has 1 aliphatic heterocycles. The summed E-state index contributed by atoms with van der Waals surface area (Å²) in [6, 6.07) is 18.4. The molecule has 1 amide bonds. The average Bonchev–Trinajstić information content (AvgIpc) is 2.85. The number of aliphatic carboxylic acids is 1. The third-order valence-corrected chi connectivity index (χ3v) is 6.46. The van der Waals surface area contributed by atoms with Crippen LogP contribution in [0.4, 0.5) is 4.39 Å². The molecule has 182 valence electrons. The van der Waals surface area contributed by atoms with Gasteiger partial charge in [-0.25, -0.2) is 4.39 Å². The zero-order valence-electron chi connectivity index (χ0n) is 20.1. The van der Waals surface area contributed by atoms with Crippen molar-refractivity contribution in [2.24, 2.45) is 5.92 Å². The number of fused-ring (bicyclic) bond motifs is 1. The van der Waals surface area contributed by atoms with Crippen molar-refractivity contribution in [3.63, 3.8) is 0 Å². The lowest BCUT2D eigenvalue weighted by molar-refractivity contribution is -0.136. The molecule has 3 aromatic carbocycles. The maximum Gasteiger partial charge on any atom is 0.307 e. The first-order chi connectivity index (χ1) is 16.9. The van der Waals surface area contributed by atoms with Gasteiger partial charge < -0.3 is 14.7 Å². The number of carbonyl (C=O) groups is 2. The smallest absolute Gasteiger partial charge is 0.307 e. The van der Waals surface area contributed by atoms with Crippen molar-refractivity contribution < 1.29 is 23.8 Å². The molecule has 0 radical (unpaired) electrons. The lowest BCUT2D eigenvalue weighted by Gasteiger charge is -2.33. The number of carbonyl (C=O) groups excluding carboxylic acids is 1. The van der Waals surface area contributed by atoms with Gasteiger partial charge in [-0.3, -0.25) is 9.59 Å². The van der Waals surface area contributed by atoms with Crippen molar-refractivity contribution in [2.45, 2.75) is 39.7 Å². The van der Waals surface area contributed by atoms with Crippen molar-refractivity contribution >= 4 is 11.9 Å². The number of ether oxygens (including phenoxy) is 1. The summed E-state index contributed by atoms with van der Waals surface area (Å²) in [7, 11) is 0. The lowest BCUT2D eigenvalue weighted by atomic mass is 9.88. The highest BCUT2D eigenvalue weighted by atomic mass is 19.1. The van der Waals surface area contributed by atoms with E-state index in [0.29, 0.717) is 55.0 Å². The molecule has 3 aromatic rings. The molecule has 0 aliphatic carbocycles. The molecule has 0 spiro atoms. The maximum atomic E-state index is 14.8. The van der Waals surface area contributed by atoms with Crippen LogP contribution in [0.25, 0.3) is 11.1 Å². The van der Waals surface area contributed by atoms with E-state index in [9.17, 15) is 19.1 Å². The van der Waals surface area contributed by atoms with Gasteiger partial charge in [-0.1, -0.05) is 49.4 Å². The fourth-order valence-corrected chi connectivity index (χ4v) is 4.79. The molecule has 0 bridgehead atoms. The number of hydrogen-bond donors (Lipinski definition) is 1. The predicted octanol–water partition coefficient (Wildman–Crippen LogP) is 5.28. The normalized spacial score (nSPS) is 13.7. The van der Waals surface area contributed by atoms with E-state index in [1.807, 2.05) is 44.2 Å². The number of nitrogens with zero attached hydrogens (tertiary/aromatic N) is 1. The number of benzene rings is 3. The van der Waals surface area contributed by atoms with E-state index in [0.717, 1.165) is 16.7 Å². The third kappa shape index (κ3) is 5.53. The average molecular weight is 476 g/mol.